The number of carbonyl (C=O) groups is 1. The van der Waals surface area contributed by atoms with E-state index >= 15 is 0 Å². The number of aromatic nitrogens is 3. The molecule has 3 N–H and O–H groups in total. The number of H-pyrrole nitrogens is 1. The Morgan fingerprint density at radius 3 is 2.53 bits per heavy atom. The lowest BCUT2D eigenvalue weighted by molar-refractivity contribution is -0.104. The fourth-order valence-electron chi connectivity index (χ4n) is 3.78. The summed E-state index contributed by atoms with van der Waals surface area (Å²) in [6, 6.07) is 5.45. The van der Waals surface area contributed by atoms with Crippen LogP contribution in [0.1, 0.15) is 29.8 Å². The highest BCUT2D eigenvalue weighted by Crippen LogP contribution is 2.25. The minimum atomic E-state index is 0.317. The first-order valence-corrected chi connectivity index (χ1v) is 10.4. The molecule has 164 valence electrons. The van der Waals surface area contributed by atoms with E-state index in [0.717, 1.165) is 43.4 Å². The summed E-state index contributed by atoms with van der Waals surface area (Å²) in [7, 11) is 3.19. The number of allylic oxidation sites excluding steroid dienone is 1. The minimum Gasteiger partial charge on any atom is -0.497 e. The van der Waals surface area contributed by atoms with E-state index in [1.165, 1.54) is 6.08 Å². The van der Waals surface area contributed by atoms with Gasteiger partial charge in [-0.2, -0.15) is 0 Å². The van der Waals surface area contributed by atoms with Gasteiger partial charge in [0.05, 0.1) is 25.2 Å². The second kappa shape index (κ2) is 9.54. The Bertz CT molecular complexity index is 1210. The van der Waals surface area contributed by atoms with Crippen molar-refractivity contribution in [3.05, 3.63) is 47.4 Å². The first-order valence-electron chi connectivity index (χ1n) is 10.4. The molecule has 0 spiro atoms. The first kappa shape index (κ1) is 21.4. The summed E-state index contributed by atoms with van der Waals surface area (Å²) in [5.41, 5.74) is 9.06. The molecule has 3 aromatic rings. The Kier molecular flexibility index (Phi) is 6.38. The van der Waals surface area contributed by atoms with Gasteiger partial charge < -0.3 is 20.2 Å². The van der Waals surface area contributed by atoms with Gasteiger partial charge in [-0.1, -0.05) is 11.8 Å². The average Bonchev–Trinajstić information content (AvgIpc) is 3.47. The third-order valence-corrected chi connectivity index (χ3v) is 5.40. The van der Waals surface area contributed by atoms with Gasteiger partial charge >= 0.3 is 0 Å². The van der Waals surface area contributed by atoms with Crippen LogP contribution in [0, 0.1) is 11.8 Å². The number of fused-ring (bicyclic) bond motifs is 1. The van der Waals surface area contributed by atoms with Crippen molar-refractivity contribution in [2.24, 2.45) is 0 Å². The van der Waals surface area contributed by atoms with E-state index in [1.54, 1.807) is 26.5 Å². The molecule has 0 amide bonds. The third kappa shape index (κ3) is 4.58. The first-order chi connectivity index (χ1) is 15.6. The van der Waals surface area contributed by atoms with Gasteiger partial charge in [0.2, 0.25) is 0 Å². The van der Waals surface area contributed by atoms with Crippen molar-refractivity contribution in [2.75, 3.05) is 39.6 Å². The van der Waals surface area contributed by atoms with Gasteiger partial charge in [-0.15, -0.1) is 0 Å². The fourth-order valence-corrected chi connectivity index (χ4v) is 3.78. The highest BCUT2D eigenvalue weighted by atomic mass is 16.5. The molecule has 8 nitrogen and oxygen atoms in total. The van der Waals surface area contributed by atoms with Gasteiger partial charge in [0.15, 0.2) is 5.82 Å². The number of ether oxygens (including phenoxy) is 2. The van der Waals surface area contributed by atoms with E-state index in [2.05, 4.69) is 31.7 Å². The number of carbonyl (C=O) groups excluding carboxylic acids is 1. The summed E-state index contributed by atoms with van der Waals surface area (Å²) in [6.07, 6.45) is 6.36. The molecule has 1 aromatic carbocycles. The Morgan fingerprint density at radius 1 is 1.16 bits per heavy atom. The average molecular weight is 431 g/mol. The zero-order valence-electron chi connectivity index (χ0n) is 18.1. The maximum absolute atomic E-state index is 11.2. The van der Waals surface area contributed by atoms with Crippen LogP contribution in [0.15, 0.2) is 30.5 Å². The van der Waals surface area contributed by atoms with E-state index in [0.29, 0.717) is 46.3 Å². The van der Waals surface area contributed by atoms with E-state index in [4.69, 9.17) is 15.2 Å². The summed E-state index contributed by atoms with van der Waals surface area (Å²) < 4.78 is 10.6. The van der Waals surface area contributed by atoms with Gasteiger partial charge in [0, 0.05) is 29.9 Å². The second-order valence-electron chi connectivity index (χ2n) is 7.52. The Balaban J connectivity index is 1.67. The zero-order chi connectivity index (χ0) is 22.5. The molecular weight excluding hydrogens is 406 g/mol. The smallest absolute Gasteiger partial charge is 0.161 e. The highest BCUT2D eigenvalue weighted by Gasteiger charge is 2.18. The second-order valence-corrected chi connectivity index (χ2v) is 7.52. The molecule has 0 aliphatic carbocycles. The lowest BCUT2D eigenvalue weighted by Crippen LogP contribution is -2.22. The molecule has 1 aliphatic heterocycles. The van der Waals surface area contributed by atoms with Crippen molar-refractivity contribution in [1.29, 1.82) is 0 Å². The Labute approximate surface area is 186 Å². The number of benzene rings is 1. The van der Waals surface area contributed by atoms with E-state index in [9.17, 15) is 4.79 Å². The molecule has 2 aromatic heterocycles. The van der Waals surface area contributed by atoms with Crippen LogP contribution in [-0.4, -0.2) is 60.0 Å². The third-order valence-electron chi connectivity index (χ3n) is 5.40. The topological polar surface area (TPSA) is 106 Å². The molecule has 3 heterocycles. The number of hydrogen-bond donors (Lipinski definition) is 2. The standard InChI is InChI=1S/C24H25N5O3/c1-31-19-11-16(12-20(13-19)32-2)5-6-17-14-26-24-21(17)22(25)27-23(28-24)18(7-10-30)15-29-8-3-4-9-29/h7,10-14H,3-4,8-9,15H2,1-2H3,(H3,25,26,27,28). The molecule has 32 heavy (non-hydrogen) atoms. The Morgan fingerprint density at radius 2 is 1.88 bits per heavy atom. The molecule has 1 aliphatic rings. The molecule has 0 saturated carbocycles. The van der Waals surface area contributed by atoms with Crippen LogP contribution in [0.3, 0.4) is 0 Å². The maximum atomic E-state index is 11.2. The van der Waals surface area contributed by atoms with Crippen LogP contribution >= 0.6 is 0 Å². The number of methoxy groups -OCH3 is 2. The lowest BCUT2D eigenvalue weighted by Gasteiger charge is -2.16. The predicted molar refractivity (Wildman–Crippen MR) is 124 cm³/mol. The zero-order valence-corrected chi connectivity index (χ0v) is 18.1. The van der Waals surface area contributed by atoms with Crippen LogP contribution in [0.2, 0.25) is 0 Å². The van der Waals surface area contributed by atoms with E-state index in [1.807, 2.05) is 12.1 Å². The number of nitrogens with one attached hydrogen (secondary N) is 1. The SMILES string of the molecule is COc1cc(C#Cc2c[nH]c3nc(C(=CC=O)CN4CCCC4)nc(N)c23)cc(OC)c1. The number of aldehydes is 1. The number of anilines is 1. The monoisotopic (exact) mass is 431 g/mol. The van der Waals surface area contributed by atoms with Crippen LogP contribution in [0.4, 0.5) is 5.82 Å². The summed E-state index contributed by atoms with van der Waals surface area (Å²) >= 11 is 0. The van der Waals surface area contributed by atoms with Crippen molar-refractivity contribution in [3.8, 4) is 23.3 Å². The van der Waals surface area contributed by atoms with Crippen LogP contribution in [0.25, 0.3) is 16.6 Å². The number of aromatic amines is 1. The van der Waals surface area contributed by atoms with Crippen molar-refractivity contribution >= 4 is 28.7 Å². The Hall–Kier alpha value is -3.83. The summed E-state index contributed by atoms with van der Waals surface area (Å²) in [5, 5.41) is 0.655. The van der Waals surface area contributed by atoms with Crippen LogP contribution in [0.5, 0.6) is 11.5 Å². The summed E-state index contributed by atoms with van der Waals surface area (Å²) in [6.45, 7) is 2.63. The molecule has 0 radical (unpaired) electrons. The molecule has 1 fully saturated rings. The summed E-state index contributed by atoms with van der Waals surface area (Å²) in [4.78, 5) is 25.7. The van der Waals surface area contributed by atoms with Gasteiger partial charge in [-0.25, -0.2) is 9.97 Å². The number of nitrogen functional groups attached to an aromatic ring is 1. The molecule has 4 rings (SSSR count). The summed E-state index contributed by atoms with van der Waals surface area (Å²) in [5.74, 6) is 8.33. The number of likely N-dealkylation sites (tertiary alicyclic amines) is 1. The maximum Gasteiger partial charge on any atom is 0.161 e. The molecule has 0 unspecified atom stereocenters. The van der Waals surface area contributed by atoms with Gasteiger partial charge in [-0.3, -0.25) is 9.69 Å². The minimum absolute atomic E-state index is 0.317. The number of nitrogens with two attached hydrogens (primary N) is 1. The van der Waals surface area contributed by atoms with Crippen LogP contribution in [-0.2, 0) is 4.79 Å². The molecule has 0 atom stereocenters. The molecule has 1 saturated heterocycles. The number of rotatable bonds is 6. The molecule has 0 bridgehead atoms. The quantitative estimate of drug-likeness (QED) is 0.351. The van der Waals surface area contributed by atoms with E-state index < -0.39 is 0 Å². The number of hydrogen-bond acceptors (Lipinski definition) is 7. The predicted octanol–water partition coefficient (Wildman–Crippen LogP) is 2.64. The van der Waals surface area contributed by atoms with Gasteiger partial charge in [0.25, 0.3) is 0 Å². The van der Waals surface area contributed by atoms with Crippen molar-refractivity contribution < 1.29 is 14.3 Å². The molecule has 8 heteroatoms. The van der Waals surface area contributed by atoms with Crippen molar-refractivity contribution in [1.82, 2.24) is 19.9 Å². The lowest BCUT2D eigenvalue weighted by atomic mass is 10.1. The van der Waals surface area contributed by atoms with Crippen molar-refractivity contribution in [2.45, 2.75) is 12.8 Å². The van der Waals surface area contributed by atoms with E-state index in [-0.39, 0.29) is 0 Å². The van der Waals surface area contributed by atoms with Gasteiger partial charge in [-0.05, 0) is 44.1 Å². The molecular formula is C24H25N5O3. The highest BCUT2D eigenvalue weighted by molar-refractivity contribution is 5.93. The van der Waals surface area contributed by atoms with Crippen molar-refractivity contribution in [3.63, 3.8) is 0 Å². The fraction of sp³-hybridized carbons (Fsp3) is 0.292. The number of nitrogens with zero attached hydrogens (tertiary/aromatic N) is 3. The van der Waals surface area contributed by atoms with Gasteiger partial charge in [0.1, 0.15) is 29.3 Å². The normalized spacial score (nSPS) is 14.2. The largest absolute Gasteiger partial charge is 0.497 e. The van der Waals surface area contributed by atoms with Crippen LogP contribution < -0.4 is 15.2 Å².